The summed E-state index contributed by atoms with van der Waals surface area (Å²) in [6, 6.07) is 0. The van der Waals surface area contributed by atoms with E-state index in [2.05, 4.69) is 25.3 Å². The normalized spacial score (nSPS) is 22.1. The molecule has 0 bridgehead atoms. The second-order valence-electron chi connectivity index (χ2n) is 1.71. The fraction of sp³-hybridized carbons (Fsp3) is 1.00. The summed E-state index contributed by atoms with van der Waals surface area (Å²) in [4.78, 5) is 0. The van der Waals surface area contributed by atoms with Gasteiger partial charge in [-0.1, -0.05) is 6.92 Å². The van der Waals surface area contributed by atoms with Crippen LogP contribution < -0.4 is 5.73 Å². The lowest BCUT2D eigenvalue weighted by atomic mass is 10.3. The molecule has 3 N–H and O–H groups in total. The van der Waals surface area contributed by atoms with Gasteiger partial charge in [0.2, 0.25) is 0 Å². The predicted molar refractivity (Wildman–Crippen MR) is 41.2 cm³/mol. The summed E-state index contributed by atoms with van der Waals surface area (Å²) >= 11 is 7.65. The minimum absolute atomic E-state index is 0.258. The van der Waals surface area contributed by atoms with Gasteiger partial charge in [-0.2, -0.15) is 12.6 Å². The van der Waals surface area contributed by atoms with Crippen molar-refractivity contribution in [2.24, 2.45) is 5.73 Å². The molecule has 0 aromatic rings. The molecule has 0 aromatic heterocycles. The largest absolute Gasteiger partial charge is 0.366 e. The van der Waals surface area contributed by atoms with Crippen LogP contribution in [-0.2, 0) is 0 Å². The summed E-state index contributed by atoms with van der Waals surface area (Å²) in [5.74, 6) is 0. The van der Waals surface area contributed by atoms with Gasteiger partial charge in [0.1, 0.15) is 0 Å². The van der Waals surface area contributed by atoms with Gasteiger partial charge >= 0.3 is 0 Å². The van der Waals surface area contributed by atoms with Gasteiger partial charge in [0.15, 0.2) is 5.06 Å². The molecule has 0 radical (unpaired) electrons. The Labute approximate surface area is 60.3 Å². The highest BCUT2D eigenvalue weighted by Gasteiger charge is 2.22. The molecule has 8 heavy (non-hydrogen) atoms. The van der Waals surface area contributed by atoms with Crippen molar-refractivity contribution in [1.29, 1.82) is 0 Å². The van der Waals surface area contributed by atoms with Crippen LogP contribution in [0.5, 0.6) is 0 Å². The van der Waals surface area contributed by atoms with E-state index in [4.69, 9.17) is 10.8 Å². The lowest BCUT2D eigenvalue weighted by molar-refractivity contribution is 0.143. The maximum atomic E-state index is 8.85. The van der Waals surface area contributed by atoms with Gasteiger partial charge in [-0.3, -0.25) is 5.73 Å². The quantitative estimate of drug-likeness (QED) is 0.339. The molecule has 0 aliphatic carbocycles. The first kappa shape index (κ1) is 8.62. The molecule has 0 heterocycles. The van der Waals surface area contributed by atoms with E-state index in [1.54, 1.807) is 0 Å². The van der Waals surface area contributed by atoms with E-state index in [0.717, 1.165) is 0 Å². The smallest absolute Gasteiger partial charge is 0.170 e. The van der Waals surface area contributed by atoms with Crippen molar-refractivity contribution in [3.63, 3.8) is 0 Å². The van der Waals surface area contributed by atoms with Gasteiger partial charge in [0, 0.05) is 0 Å². The first-order chi connectivity index (χ1) is 3.48. The van der Waals surface area contributed by atoms with Crippen molar-refractivity contribution < 1.29 is 5.11 Å². The number of nitrogens with two attached hydrogens (primary N) is 1. The van der Waals surface area contributed by atoms with E-state index in [9.17, 15) is 0 Å². The average Bonchev–Trinajstić information content (AvgIpc) is 1.62. The Balaban J connectivity index is 3.62. The number of aliphatic hydroxyl groups is 1. The van der Waals surface area contributed by atoms with Gasteiger partial charge in [0.05, 0.1) is 5.25 Å². The molecule has 0 saturated carbocycles. The molecule has 50 valence electrons. The first-order valence-corrected chi connectivity index (χ1v) is 3.36. The molecule has 0 saturated heterocycles. The number of rotatable bonds is 2. The van der Waals surface area contributed by atoms with E-state index in [1.807, 2.05) is 6.92 Å². The molecule has 0 aliphatic heterocycles. The van der Waals surface area contributed by atoms with Crippen LogP contribution in [0.2, 0.25) is 0 Å². The van der Waals surface area contributed by atoms with Gasteiger partial charge < -0.3 is 5.11 Å². The van der Waals surface area contributed by atoms with Crippen LogP contribution >= 0.6 is 25.3 Å². The predicted octanol–water partition coefficient (Wildman–Crippen LogP) is 0.229. The van der Waals surface area contributed by atoms with Crippen LogP contribution in [0.3, 0.4) is 0 Å². The van der Waals surface area contributed by atoms with E-state index >= 15 is 0 Å². The lowest BCUT2D eigenvalue weighted by Gasteiger charge is -2.21. The second-order valence-corrected chi connectivity index (χ2v) is 3.05. The van der Waals surface area contributed by atoms with E-state index in [1.165, 1.54) is 0 Å². The van der Waals surface area contributed by atoms with Crippen LogP contribution in [0.25, 0.3) is 0 Å². The second kappa shape index (κ2) is 2.96. The molecule has 0 spiro atoms. The van der Waals surface area contributed by atoms with Gasteiger partial charge in [-0.15, -0.1) is 12.6 Å². The molecule has 0 aliphatic rings. The lowest BCUT2D eigenvalue weighted by Crippen LogP contribution is -2.42. The summed E-state index contributed by atoms with van der Waals surface area (Å²) in [5.41, 5.74) is 5.13. The molecule has 0 amide bonds. The minimum Gasteiger partial charge on any atom is -0.366 e. The Hall–Kier alpha value is 0.620. The summed E-state index contributed by atoms with van der Waals surface area (Å²) in [6.07, 6.45) is 0.708. The third kappa shape index (κ3) is 2.81. The number of thiol groups is 2. The van der Waals surface area contributed by atoms with Crippen molar-refractivity contribution in [3.05, 3.63) is 0 Å². The molecule has 2 nitrogen and oxygen atoms in total. The Bertz CT molecular complexity index is 70.9. The Kier molecular flexibility index (Phi) is 3.19. The fourth-order valence-corrected chi connectivity index (χ4v) is 0.483. The molecule has 4 heteroatoms. The highest BCUT2D eigenvalue weighted by atomic mass is 32.1. The summed E-state index contributed by atoms with van der Waals surface area (Å²) in [6.45, 7) is 1.88. The van der Waals surface area contributed by atoms with E-state index in [0.29, 0.717) is 6.42 Å². The summed E-state index contributed by atoms with van der Waals surface area (Å²) in [7, 11) is 0. The monoisotopic (exact) mass is 153 g/mol. The molecular weight excluding hydrogens is 142 g/mol. The van der Waals surface area contributed by atoms with E-state index in [-0.39, 0.29) is 5.25 Å². The number of hydrogen-bond donors (Lipinski definition) is 4. The molecule has 0 fully saturated rings. The maximum absolute atomic E-state index is 8.85. The van der Waals surface area contributed by atoms with Gasteiger partial charge in [0.25, 0.3) is 0 Å². The molecular formula is C4H11NOS2. The van der Waals surface area contributed by atoms with Crippen molar-refractivity contribution in [1.82, 2.24) is 0 Å². The molecule has 0 rings (SSSR count). The zero-order chi connectivity index (χ0) is 6.78. The van der Waals surface area contributed by atoms with Crippen molar-refractivity contribution >= 4 is 25.3 Å². The molecule has 2 atom stereocenters. The van der Waals surface area contributed by atoms with Crippen LogP contribution in [0, 0.1) is 0 Å². The number of hydrogen-bond acceptors (Lipinski definition) is 4. The Morgan fingerprint density at radius 3 is 2.25 bits per heavy atom. The summed E-state index contributed by atoms with van der Waals surface area (Å²) in [5, 5.41) is 7.16. The van der Waals surface area contributed by atoms with Crippen LogP contribution in [0.4, 0.5) is 0 Å². The van der Waals surface area contributed by atoms with Gasteiger partial charge in [-0.05, 0) is 6.42 Å². The zero-order valence-electron chi connectivity index (χ0n) is 4.70. The van der Waals surface area contributed by atoms with Crippen molar-refractivity contribution in [2.45, 2.75) is 23.7 Å². The minimum atomic E-state index is -1.43. The zero-order valence-corrected chi connectivity index (χ0v) is 6.49. The molecule has 0 aromatic carbocycles. The van der Waals surface area contributed by atoms with Crippen LogP contribution in [0.1, 0.15) is 13.3 Å². The van der Waals surface area contributed by atoms with Crippen molar-refractivity contribution in [3.8, 4) is 0 Å². The topological polar surface area (TPSA) is 46.2 Å². The highest BCUT2D eigenvalue weighted by molar-refractivity contribution is 7.85. The third-order valence-corrected chi connectivity index (χ3v) is 2.15. The van der Waals surface area contributed by atoms with E-state index < -0.39 is 5.06 Å². The molecule has 2 unspecified atom stereocenters. The highest BCUT2D eigenvalue weighted by Crippen LogP contribution is 2.16. The van der Waals surface area contributed by atoms with Gasteiger partial charge in [-0.25, -0.2) is 0 Å². The SMILES string of the molecule is CCC(S)C(N)(O)S. The van der Waals surface area contributed by atoms with Crippen LogP contribution in [-0.4, -0.2) is 15.4 Å². The third-order valence-electron chi connectivity index (χ3n) is 0.877. The fourth-order valence-electron chi connectivity index (χ4n) is 0.300. The Morgan fingerprint density at radius 1 is 1.88 bits per heavy atom. The Morgan fingerprint density at radius 2 is 2.25 bits per heavy atom. The van der Waals surface area contributed by atoms with Crippen molar-refractivity contribution in [2.75, 3.05) is 0 Å². The average molecular weight is 153 g/mol. The first-order valence-electron chi connectivity index (χ1n) is 2.40. The summed E-state index contributed by atoms with van der Waals surface area (Å²) < 4.78 is 0. The van der Waals surface area contributed by atoms with Crippen LogP contribution in [0.15, 0.2) is 0 Å². The standard InChI is InChI=1S/C4H11NOS2/c1-2-3(7)4(5,6)8/h3,6-8H,2,5H2,1H3. The maximum Gasteiger partial charge on any atom is 0.170 e.